The van der Waals surface area contributed by atoms with E-state index in [4.69, 9.17) is 9.47 Å². The largest absolute Gasteiger partial charge is 0.454 e. The highest BCUT2D eigenvalue weighted by Crippen LogP contribution is 2.54. The summed E-state index contributed by atoms with van der Waals surface area (Å²) in [7, 11) is 1.57. The molecule has 0 N–H and O–H groups in total. The summed E-state index contributed by atoms with van der Waals surface area (Å²) in [5, 5.41) is 9.88. The highest BCUT2D eigenvalue weighted by Gasteiger charge is 2.62. The van der Waals surface area contributed by atoms with Crippen molar-refractivity contribution in [2.45, 2.75) is 37.2 Å². The fourth-order valence-corrected chi connectivity index (χ4v) is 4.32. The van der Waals surface area contributed by atoms with Crippen LogP contribution in [0.2, 0.25) is 0 Å². The molecular formula is C18H19N3O4S. The molecule has 4 atom stereocenters. The lowest BCUT2D eigenvalue weighted by Gasteiger charge is -2.46. The van der Waals surface area contributed by atoms with Crippen LogP contribution in [0.1, 0.15) is 31.9 Å². The number of nitriles is 1. The zero-order valence-corrected chi connectivity index (χ0v) is 15.6. The summed E-state index contributed by atoms with van der Waals surface area (Å²) < 4.78 is 10.8. The van der Waals surface area contributed by atoms with Crippen LogP contribution in [-0.4, -0.2) is 46.4 Å². The van der Waals surface area contributed by atoms with Crippen molar-refractivity contribution < 1.29 is 19.1 Å². The predicted octanol–water partition coefficient (Wildman–Crippen LogP) is 1.71. The van der Waals surface area contributed by atoms with E-state index in [9.17, 15) is 14.9 Å². The Morgan fingerprint density at radius 2 is 1.96 bits per heavy atom. The summed E-state index contributed by atoms with van der Waals surface area (Å²) in [6.45, 7) is 3.53. The maximum absolute atomic E-state index is 13.2. The van der Waals surface area contributed by atoms with E-state index in [1.165, 1.54) is 9.80 Å². The molecular weight excluding hydrogens is 354 g/mol. The van der Waals surface area contributed by atoms with Gasteiger partial charge in [-0.15, -0.1) is 12.6 Å². The van der Waals surface area contributed by atoms with Gasteiger partial charge in [-0.2, -0.15) is 5.26 Å². The van der Waals surface area contributed by atoms with Crippen LogP contribution in [0.5, 0.6) is 11.5 Å². The lowest BCUT2D eigenvalue weighted by Crippen LogP contribution is -2.65. The number of piperazine rings is 1. The second-order valence-corrected chi connectivity index (χ2v) is 8.27. The van der Waals surface area contributed by atoms with E-state index in [0.717, 1.165) is 5.56 Å². The molecule has 0 aliphatic carbocycles. The van der Waals surface area contributed by atoms with Gasteiger partial charge in [0.25, 0.3) is 5.91 Å². The van der Waals surface area contributed by atoms with E-state index in [1.54, 1.807) is 33.0 Å². The van der Waals surface area contributed by atoms with E-state index in [1.807, 2.05) is 6.07 Å². The fourth-order valence-electron chi connectivity index (χ4n) is 4.11. The van der Waals surface area contributed by atoms with Crippen LogP contribution in [0, 0.1) is 16.7 Å². The number of likely N-dealkylation sites (N-methyl/N-ethyl adjacent to an activating group) is 1. The van der Waals surface area contributed by atoms with Gasteiger partial charge in [0.1, 0.15) is 6.04 Å². The maximum Gasteiger partial charge on any atom is 0.259 e. The third kappa shape index (κ3) is 2.07. The van der Waals surface area contributed by atoms with E-state index in [-0.39, 0.29) is 25.0 Å². The van der Waals surface area contributed by atoms with Crippen LogP contribution < -0.4 is 9.47 Å². The summed E-state index contributed by atoms with van der Waals surface area (Å²) in [6, 6.07) is 6.47. The quantitative estimate of drug-likeness (QED) is 0.758. The maximum atomic E-state index is 13.2. The topological polar surface area (TPSA) is 82.9 Å². The molecule has 1 aromatic rings. The summed E-state index contributed by atoms with van der Waals surface area (Å²) in [6.07, 6.45) is 0.279. The average molecular weight is 373 g/mol. The summed E-state index contributed by atoms with van der Waals surface area (Å²) in [5.74, 6) is 0.718. The Hall–Kier alpha value is -2.40. The SMILES string of the molecule is CN1C(=O)C2C[C@](C)(C#N)[C@H](c3ccc4c(c3)OCO4)N2C(=O)C1(C)S. The Morgan fingerprint density at radius 1 is 1.27 bits per heavy atom. The number of thiol groups is 1. The zero-order chi connectivity index (χ0) is 18.9. The first-order chi connectivity index (χ1) is 12.2. The van der Waals surface area contributed by atoms with Crippen molar-refractivity contribution in [2.24, 2.45) is 5.41 Å². The molecule has 0 bridgehead atoms. The second-order valence-electron chi connectivity index (χ2n) is 7.39. The van der Waals surface area contributed by atoms with Gasteiger partial charge in [0.05, 0.1) is 17.5 Å². The molecule has 2 unspecified atom stereocenters. The van der Waals surface area contributed by atoms with Crippen molar-refractivity contribution in [3.8, 4) is 17.6 Å². The number of benzene rings is 1. The van der Waals surface area contributed by atoms with Gasteiger partial charge >= 0.3 is 0 Å². The Balaban J connectivity index is 1.85. The molecule has 1 aromatic carbocycles. The van der Waals surface area contributed by atoms with Gasteiger partial charge in [-0.25, -0.2) is 0 Å². The molecule has 0 radical (unpaired) electrons. The van der Waals surface area contributed by atoms with Gasteiger partial charge in [0.15, 0.2) is 16.4 Å². The molecule has 0 saturated carbocycles. The van der Waals surface area contributed by atoms with Crippen LogP contribution in [-0.2, 0) is 9.59 Å². The number of hydrogen-bond donors (Lipinski definition) is 1. The van der Waals surface area contributed by atoms with Crippen molar-refractivity contribution >= 4 is 24.4 Å². The molecule has 26 heavy (non-hydrogen) atoms. The number of ether oxygens (including phenoxy) is 2. The lowest BCUT2D eigenvalue weighted by molar-refractivity contribution is -0.161. The zero-order valence-electron chi connectivity index (χ0n) is 14.7. The molecule has 136 valence electrons. The number of nitrogens with zero attached hydrogens (tertiary/aromatic N) is 3. The first-order valence-corrected chi connectivity index (χ1v) is 8.79. The third-order valence-corrected chi connectivity index (χ3v) is 6.20. The van der Waals surface area contributed by atoms with Gasteiger partial charge in [-0.3, -0.25) is 9.59 Å². The summed E-state index contributed by atoms with van der Waals surface area (Å²) >= 11 is 4.44. The van der Waals surface area contributed by atoms with E-state index in [0.29, 0.717) is 11.5 Å². The number of fused-ring (bicyclic) bond motifs is 2. The highest BCUT2D eigenvalue weighted by atomic mass is 32.1. The van der Waals surface area contributed by atoms with Crippen molar-refractivity contribution in [3.05, 3.63) is 23.8 Å². The van der Waals surface area contributed by atoms with Gasteiger partial charge in [0, 0.05) is 7.05 Å². The van der Waals surface area contributed by atoms with Crippen LogP contribution in [0.3, 0.4) is 0 Å². The Labute approximate surface area is 156 Å². The Kier molecular flexibility index (Phi) is 3.47. The molecule has 4 rings (SSSR count). The van der Waals surface area contributed by atoms with Crippen LogP contribution in [0.25, 0.3) is 0 Å². The molecule has 3 aliphatic heterocycles. The van der Waals surface area contributed by atoms with E-state index >= 15 is 0 Å². The summed E-state index contributed by atoms with van der Waals surface area (Å²) in [4.78, 5) is 27.7. The van der Waals surface area contributed by atoms with Crippen molar-refractivity contribution in [1.29, 1.82) is 5.26 Å². The van der Waals surface area contributed by atoms with Crippen LogP contribution in [0.15, 0.2) is 18.2 Å². The van der Waals surface area contributed by atoms with Crippen LogP contribution >= 0.6 is 12.6 Å². The molecule has 2 amide bonds. The van der Waals surface area contributed by atoms with Crippen molar-refractivity contribution in [1.82, 2.24) is 9.80 Å². The number of carbonyl (C=O) groups is 2. The summed E-state index contributed by atoms with van der Waals surface area (Å²) in [5.41, 5.74) is -0.158. The first-order valence-electron chi connectivity index (χ1n) is 8.34. The lowest BCUT2D eigenvalue weighted by atomic mass is 9.79. The standard InChI is InChI=1S/C18H19N3O4S/c1-17(8-19)7-11-15(22)20(3)18(2,26)16(23)21(11)14(17)10-4-5-12-13(6-10)25-9-24-12/h4-6,11,14,26H,7,9H2,1-3H3/t11?,14-,17+,18?/m0/s1. The van der Waals surface area contributed by atoms with E-state index in [2.05, 4.69) is 18.7 Å². The van der Waals surface area contributed by atoms with E-state index < -0.39 is 22.4 Å². The molecule has 7 nitrogen and oxygen atoms in total. The third-order valence-electron chi connectivity index (χ3n) is 5.71. The first kappa shape index (κ1) is 17.0. The minimum absolute atomic E-state index is 0.141. The average Bonchev–Trinajstić information content (AvgIpc) is 3.20. The van der Waals surface area contributed by atoms with Crippen LogP contribution in [0.4, 0.5) is 0 Å². The number of amides is 2. The second kappa shape index (κ2) is 5.30. The number of hydrogen-bond acceptors (Lipinski definition) is 6. The van der Waals surface area contributed by atoms with Crippen molar-refractivity contribution in [2.75, 3.05) is 13.8 Å². The molecule has 3 heterocycles. The molecule has 0 aromatic heterocycles. The highest BCUT2D eigenvalue weighted by molar-refractivity contribution is 7.82. The molecule has 2 saturated heterocycles. The Bertz CT molecular complexity index is 864. The monoisotopic (exact) mass is 373 g/mol. The molecule has 2 fully saturated rings. The number of rotatable bonds is 1. The van der Waals surface area contributed by atoms with Gasteiger partial charge in [-0.1, -0.05) is 6.07 Å². The minimum Gasteiger partial charge on any atom is -0.454 e. The predicted molar refractivity (Wildman–Crippen MR) is 94.4 cm³/mol. The normalized spacial score (nSPS) is 35.5. The Morgan fingerprint density at radius 3 is 2.65 bits per heavy atom. The van der Waals surface area contributed by atoms with Gasteiger partial charge in [0.2, 0.25) is 12.7 Å². The van der Waals surface area contributed by atoms with Gasteiger partial charge in [-0.05, 0) is 38.0 Å². The van der Waals surface area contributed by atoms with Gasteiger partial charge < -0.3 is 19.3 Å². The number of carbonyl (C=O) groups excluding carboxylic acids is 2. The fraction of sp³-hybridized carbons (Fsp3) is 0.500. The molecule has 3 aliphatic rings. The molecule has 8 heteroatoms. The van der Waals surface area contributed by atoms with Crippen molar-refractivity contribution in [3.63, 3.8) is 0 Å². The minimum atomic E-state index is -1.26. The molecule has 0 spiro atoms. The smallest absolute Gasteiger partial charge is 0.259 e.